The fourth-order valence-electron chi connectivity index (χ4n) is 2.56. The summed E-state index contributed by atoms with van der Waals surface area (Å²) in [6.45, 7) is 0. The second kappa shape index (κ2) is 4.50. The van der Waals surface area contributed by atoms with Gasteiger partial charge in [0.2, 0.25) is 0 Å². The molecule has 0 aromatic carbocycles. The molecule has 0 amide bonds. The van der Waals surface area contributed by atoms with E-state index in [1.807, 2.05) is 25.4 Å². The highest BCUT2D eigenvalue weighted by atomic mass is 15.1. The van der Waals surface area contributed by atoms with Crippen molar-refractivity contribution in [3.05, 3.63) is 24.0 Å². The third-order valence-electron chi connectivity index (χ3n) is 3.35. The zero-order valence-electron chi connectivity index (χ0n) is 9.11. The Kier molecular flexibility index (Phi) is 3.08. The fourth-order valence-corrected chi connectivity index (χ4v) is 2.56. The highest BCUT2D eigenvalue weighted by Crippen LogP contribution is 2.29. The molecule has 0 bridgehead atoms. The topological polar surface area (TPSA) is 40.8 Å². The van der Waals surface area contributed by atoms with Crippen molar-refractivity contribution in [1.29, 1.82) is 5.26 Å². The molecular formula is C12H17N3. The Morgan fingerprint density at radius 3 is 3.00 bits per heavy atom. The van der Waals surface area contributed by atoms with E-state index in [0.29, 0.717) is 12.1 Å². The summed E-state index contributed by atoms with van der Waals surface area (Å²) in [7, 11) is 2.01. The van der Waals surface area contributed by atoms with E-state index in [1.165, 1.54) is 25.7 Å². The lowest BCUT2D eigenvalue weighted by molar-refractivity contribution is 0.273. The molecule has 1 aromatic rings. The third kappa shape index (κ3) is 1.91. The lowest BCUT2D eigenvalue weighted by atomic mass is 9.90. The number of hydrogen-bond acceptors (Lipinski definition) is 2. The number of hydrogen-bond donors (Lipinski definition) is 1. The van der Waals surface area contributed by atoms with Gasteiger partial charge in [-0.25, -0.2) is 0 Å². The number of nitriles is 1. The maximum absolute atomic E-state index is 9.01. The lowest BCUT2D eigenvalue weighted by Gasteiger charge is -2.32. The summed E-state index contributed by atoms with van der Waals surface area (Å²) in [5, 5.41) is 12.4. The van der Waals surface area contributed by atoms with Crippen LogP contribution in [0.4, 0.5) is 0 Å². The Morgan fingerprint density at radius 1 is 1.47 bits per heavy atom. The quantitative estimate of drug-likeness (QED) is 0.799. The van der Waals surface area contributed by atoms with Gasteiger partial charge >= 0.3 is 0 Å². The molecule has 2 atom stereocenters. The van der Waals surface area contributed by atoms with Crippen LogP contribution in [0.5, 0.6) is 0 Å². The molecule has 2 unspecified atom stereocenters. The van der Waals surface area contributed by atoms with Gasteiger partial charge in [-0.1, -0.05) is 12.8 Å². The molecule has 0 radical (unpaired) electrons. The molecular weight excluding hydrogens is 186 g/mol. The van der Waals surface area contributed by atoms with Gasteiger partial charge in [-0.05, 0) is 32.0 Å². The van der Waals surface area contributed by atoms with E-state index < -0.39 is 0 Å². The largest absolute Gasteiger partial charge is 0.335 e. The molecule has 1 aromatic heterocycles. The summed E-state index contributed by atoms with van der Waals surface area (Å²) in [4.78, 5) is 0. The molecule has 80 valence electrons. The summed E-state index contributed by atoms with van der Waals surface area (Å²) >= 11 is 0. The van der Waals surface area contributed by atoms with Gasteiger partial charge in [0.1, 0.15) is 11.8 Å². The van der Waals surface area contributed by atoms with Crippen LogP contribution in [-0.2, 0) is 0 Å². The summed E-state index contributed by atoms with van der Waals surface area (Å²) in [6, 6.07) is 7.07. The average Bonchev–Trinajstić information content (AvgIpc) is 2.76. The Morgan fingerprint density at radius 2 is 2.27 bits per heavy atom. The molecule has 3 nitrogen and oxygen atoms in total. The first-order valence-corrected chi connectivity index (χ1v) is 5.61. The summed E-state index contributed by atoms with van der Waals surface area (Å²) in [5.74, 6) is 0. The maximum Gasteiger partial charge on any atom is 0.120 e. The first kappa shape index (κ1) is 10.3. The minimum absolute atomic E-state index is 0.452. The average molecular weight is 203 g/mol. The molecule has 1 heterocycles. The van der Waals surface area contributed by atoms with Crippen molar-refractivity contribution in [2.75, 3.05) is 7.05 Å². The van der Waals surface area contributed by atoms with Crippen molar-refractivity contribution in [2.24, 2.45) is 0 Å². The molecule has 1 aliphatic rings. The van der Waals surface area contributed by atoms with Crippen molar-refractivity contribution in [3.8, 4) is 6.07 Å². The van der Waals surface area contributed by atoms with Crippen molar-refractivity contribution in [3.63, 3.8) is 0 Å². The van der Waals surface area contributed by atoms with Crippen LogP contribution >= 0.6 is 0 Å². The predicted molar refractivity (Wildman–Crippen MR) is 59.5 cm³/mol. The molecule has 15 heavy (non-hydrogen) atoms. The first-order valence-electron chi connectivity index (χ1n) is 5.61. The molecule has 0 saturated heterocycles. The number of nitrogens with one attached hydrogen (secondary N) is 1. The molecule has 1 N–H and O–H groups in total. The Labute approximate surface area is 90.7 Å². The number of rotatable bonds is 2. The second-order valence-corrected chi connectivity index (χ2v) is 4.16. The zero-order chi connectivity index (χ0) is 10.7. The van der Waals surface area contributed by atoms with Crippen LogP contribution in [0.1, 0.15) is 37.4 Å². The van der Waals surface area contributed by atoms with Crippen LogP contribution in [0.25, 0.3) is 0 Å². The van der Waals surface area contributed by atoms with E-state index in [0.717, 1.165) is 5.69 Å². The van der Waals surface area contributed by atoms with Crippen LogP contribution < -0.4 is 5.32 Å². The Hall–Kier alpha value is -1.27. The summed E-state index contributed by atoms with van der Waals surface area (Å²) in [6.07, 6.45) is 6.98. The fraction of sp³-hybridized carbons (Fsp3) is 0.583. The molecule has 1 aliphatic carbocycles. The normalized spacial score (nSPS) is 26.1. The highest BCUT2D eigenvalue weighted by Gasteiger charge is 2.25. The summed E-state index contributed by atoms with van der Waals surface area (Å²) < 4.78 is 2.13. The van der Waals surface area contributed by atoms with E-state index >= 15 is 0 Å². The standard InChI is InChI=1S/C12H17N3/c1-14-11-6-2-3-7-12(11)15-8-4-5-10(15)9-13/h4-5,8,11-12,14H,2-3,6-7H2,1H3. The monoisotopic (exact) mass is 203 g/mol. The van der Waals surface area contributed by atoms with Gasteiger partial charge in [-0.15, -0.1) is 0 Å². The Balaban J connectivity index is 2.24. The van der Waals surface area contributed by atoms with Gasteiger partial charge in [0.25, 0.3) is 0 Å². The van der Waals surface area contributed by atoms with Crippen molar-refractivity contribution < 1.29 is 0 Å². The maximum atomic E-state index is 9.01. The van der Waals surface area contributed by atoms with Crippen molar-refractivity contribution in [1.82, 2.24) is 9.88 Å². The third-order valence-corrected chi connectivity index (χ3v) is 3.35. The van der Waals surface area contributed by atoms with Crippen LogP contribution in [0.2, 0.25) is 0 Å². The minimum Gasteiger partial charge on any atom is -0.335 e. The van der Waals surface area contributed by atoms with Gasteiger partial charge in [0.15, 0.2) is 0 Å². The second-order valence-electron chi connectivity index (χ2n) is 4.16. The van der Waals surface area contributed by atoms with Crippen LogP contribution in [0.3, 0.4) is 0 Å². The van der Waals surface area contributed by atoms with Crippen molar-refractivity contribution >= 4 is 0 Å². The van der Waals surface area contributed by atoms with E-state index in [9.17, 15) is 0 Å². The molecule has 1 fully saturated rings. The highest BCUT2D eigenvalue weighted by molar-refractivity contribution is 5.23. The lowest BCUT2D eigenvalue weighted by Crippen LogP contribution is -2.37. The van der Waals surface area contributed by atoms with Gasteiger partial charge in [0, 0.05) is 18.3 Å². The smallest absolute Gasteiger partial charge is 0.120 e. The molecule has 0 spiro atoms. The Bertz CT molecular complexity index is 361. The summed E-state index contributed by atoms with van der Waals surface area (Å²) in [5.41, 5.74) is 0.780. The van der Waals surface area contributed by atoms with Gasteiger partial charge < -0.3 is 9.88 Å². The van der Waals surface area contributed by atoms with E-state index in [4.69, 9.17) is 5.26 Å². The molecule has 2 rings (SSSR count). The van der Waals surface area contributed by atoms with Crippen molar-refractivity contribution in [2.45, 2.75) is 37.8 Å². The molecule has 3 heteroatoms. The van der Waals surface area contributed by atoms with Gasteiger partial charge in [-0.3, -0.25) is 0 Å². The molecule has 1 saturated carbocycles. The van der Waals surface area contributed by atoms with Crippen LogP contribution in [0, 0.1) is 11.3 Å². The van der Waals surface area contributed by atoms with Crippen LogP contribution in [-0.4, -0.2) is 17.7 Å². The van der Waals surface area contributed by atoms with Crippen LogP contribution in [0.15, 0.2) is 18.3 Å². The predicted octanol–water partition coefficient (Wildman–Crippen LogP) is 2.06. The number of aromatic nitrogens is 1. The van der Waals surface area contributed by atoms with E-state index in [1.54, 1.807) is 0 Å². The number of nitrogens with zero attached hydrogens (tertiary/aromatic N) is 2. The first-order chi connectivity index (χ1) is 7.36. The minimum atomic E-state index is 0.452. The zero-order valence-corrected chi connectivity index (χ0v) is 9.11. The molecule has 0 aliphatic heterocycles. The SMILES string of the molecule is CNC1CCCCC1n1cccc1C#N. The number of likely N-dealkylation sites (N-methyl/N-ethyl adjacent to an activating group) is 1. The van der Waals surface area contributed by atoms with E-state index in [-0.39, 0.29) is 0 Å². The van der Waals surface area contributed by atoms with E-state index in [2.05, 4.69) is 16.0 Å². The van der Waals surface area contributed by atoms with Gasteiger partial charge in [-0.2, -0.15) is 5.26 Å². The van der Waals surface area contributed by atoms with Gasteiger partial charge in [0.05, 0.1) is 0 Å².